The van der Waals surface area contributed by atoms with Gasteiger partial charge in [-0.3, -0.25) is 0 Å². The quantitative estimate of drug-likeness (QED) is 0.644. The predicted octanol–water partition coefficient (Wildman–Crippen LogP) is 3.77. The van der Waals surface area contributed by atoms with Gasteiger partial charge in [-0.25, -0.2) is 4.79 Å². The van der Waals surface area contributed by atoms with Crippen molar-refractivity contribution in [3.63, 3.8) is 0 Å². The number of benzene rings is 1. The lowest BCUT2D eigenvalue weighted by molar-refractivity contribution is 0.604. The summed E-state index contributed by atoms with van der Waals surface area (Å²) in [4.78, 5) is 18.3. The van der Waals surface area contributed by atoms with Crippen LogP contribution in [0.5, 0.6) is 0 Å². The average Bonchev–Trinajstić information content (AvgIpc) is 3.08. The summed E-state index contributed by atoms with van der Waals surface area (Å²) in [5.74, 6) is 0. The van der Waals surface area contributed by atoms with Crippen LogP contribution in [0.15, 0.2) is 38.9 Å². The molecular weight excluding hydrogens is 350 g/mol. The molecule has 1 aromatic carbocycles. The zero-order valence-corrected chi connectivity index (χ0v) is 14.0. The van der Waals surface area contributed by atoms with E-state index in [0.29, 0.717) is 0 Å². The van der Waals surface area contributed by atoms with Crippen LogP contribution in [0.1, 0.15) is 29.8 Å². The Labute approximate surface area is 134 Å². The van der Waals surface area contributed by atoms with Crippen LogP contribution in [0.3, 0.4) is 0 Å². The lowest BCUT2D eigenvalue weighted by atomic mass is 10.0. The first-order valence-electron chi connectivity index (χ1n) is 6.87. The van der Waals surface area contributed by atoms with Crippen molar-refractivity contribution in [3.05, 3.63) is 55.0 Å². The van der Waals surface area contributed by atoms with Crippen LogP contribution < -0.4 is 11.0 Å². The molecule has 6 heteroatoms. The van der Waals surface area contributed by atoms with E-state index in [1.807, 2.05) is 12.1 Å². The molecule has 0 radical (unpaired) electrons. The normalized spacial score (nSPS) is 12.9. The number of H-pyrrole nitrogens is 2. The molecule has 4 nitrogen and oxygen atoms in total. The van der Waals surface area contributed by atoms with Gasteiger partial charge in [-0.05, 0) is 42.1 Å². The van der Waals surface area contributed by atoms with E-state index in [1.54, 1.807) is 11.3 Å². The van der Waals surface area contributed by atoms with Gasteiger partial charge in [-0.2, -0.15) is 0 Å². The van der Waals surface area contributed by atoms with Crippen molar-refractivity contribution in [1.29, 1.82) is 0 Å². The second-order valence-electron chi connectivity index (χ2n) is 4.90. The molecule has 3 rings (SSSR count). The van der Waals surface area contributed by atoms with E-state index in [1.165, 1.54) is 4.88 Å². The second-order valence-corrected chi connectivity index (χ2v) is 6.73. The number of thiophene rings is 1. The first-order valence-corrected chi connectivity index (χ1v) is 8.54. The molecule has 0 aliphatic carbocycles. The summed E-state index contributed by atoms with van der Waals surface area (Å²) in [6, 6.07) is 8.31. The van der Waals surface area contributed by atoms with Crippen LogP contribution in [-0.4, -0.2) is 16.5 Å². The van der Waals surface area contributed by atoms with Crippen LogP contribution >= 0.6 is 27.3 Å². The maximum absolute atomic E-state index is 11.4. The smallest absolute Gasteiger partial charge is 0.306 e. The molecule has 0 amide bonds. The minimum Gasteiger partial charge on any atom is -0.306 e. The third-order valence-corrected chi connectivity index (χ3v) is 4.99. The summed E-state index contributed by atoms with van der Waals surface area (Å²) >= 11 is 5.37. The van der Waals surface area contributed by atoms with E-state index in [-0.39, 0.29) is 11.7 Å². The van der Waals surface area contributed by atoms with E-state index in [2.05, 4.69) is 55.7 Å². The Hall–Kier alpha value is -1.37. The van der Waals surface area contributed by atoms with Gasteiger partial charge in [0.2, 0.25) is 0 Å². The number of hydrogen-bond donors (Lipinski definition) is 3. The van der Waals surface area contributed by atoms with E-state index in [0.717, 1.165) is 34.0 Å². The molecule has 1 atom stereocenters. The number of fused-ring (bicyclic) bond motifs is 1. The first-order chi connectivity index (χ1) is 10.2. The summed E-state index contributed by atoms with van der Waals surface area (Å²) in [5.41, 5.74) is 2.60. The molecule has 0 spiro atoms. The average molecular weight is 366 g/mol. The van der Waals surface area contributed by atoms with Crippen molar-refractivity contribution in [3.8, 4) is 0 Å². The Morgan fingerprint density at radius 1 is 1.33 bits per heavy atom. The molecule has 3 aromatic rings. The summed E-state index contributed by atoms with van der Waals surface area (Å²) in [5, 5.41) is 5.66. The van der Waals surface area contributed by atoms with Gasteiger partial charge in [0.05, 0.1) is 17.1 Å². The summed E-state index contributed by atoms with van der Waals surface area (Å²) < 4.78 is 0.993. The highest BCUT2D eigenvalue weighted by molar-refractivity contribution is 9.10. The van der Waals surface area contributed by atoms with Gasteiger partial charge in [0.15, 0.2) is 0 Å². The fourth-order valence-electron chi connectivity index (χ4n) is 2.40. The molecule has 1 unspecified atom stereocenters. The van der Waals surface area contributed by atoms with Gasteiger partial charge in [0.25, 0.3) is 0 Å². The fraction of sp³-hybridized carbons (Fsp3) is 0.267. The van der Waals surface area contributed by atoms with E-state index in [4.69, 9.17) is 0 Å². The minimum absolute atomic E-state index is 0.127. The second kappa shape index (κ2) is 6.17. The van der Waals surface area contributed by atoms with Crippen LogP contribution in [0.2, 0.25) is 0 Å². The molecule has 0 saturated heterocycles. The maximum atomic E-state index is 11.4. The van der Waals surface area contributed by atoms with Gasteiger partial charge < -0.3 is 15.3 Å². The van der Waals surface area contributed by atoms with E-state index < -0.39 is 0 Å². The molecule has 2 heterocycles. The van der Waals surface area contributed by atoms with E-state index >= 15 is 0 Å². The van der Waals surface area contributed by atoms with Crippen molar-refractivity contribution >= 4 is 38.3 Å². The van der Waals surface area contributed by atoms with Crippen molar-refractivity contribution in [2.45, 2.75) is 19.4 Å². The zero-order valence-electron chi connectivity index (χ0n) is 11.6. The highest BCUT2D eigenvalue weighted by Crippen LogP contribution is 2.33. The predicted molar refractivity (Wildman–Crippen MR) is 91.1 cm³/mol. The van der Waals surface area contributed by atoms with Crippen LogP contribution in [-0.2, 0) is 0 Å². The van der Waals surface area contributed by atoms with Crippen molar-refractivity contribution in [1.82, 2.24) is 15.3 Å². The van der Waals surface area contributed by atoms with Gasteiger partial charge in [0, 0.05) is 9.35 Å². The van der Waals surface area contributed by atoms with Crippen LogP contribution in [0, 0.1) is 0 Å². The third-order valence-electron chi connectivity index (χ3n) is 3.37. The number of aromatic amines is 2. The number of hydrogen-bond acceptors (Lipinski definition) is 3. The Morgan fingerprint density at radius 3 is 2.76 bits per heavy atom. The summed E-state index contributed by atoms with van der Waals surface area (Å²) in [6.45, 7) is 3.09. The van der Waals surface area contributed by atoms with Gasteiger partial charge >= 0.3 is 5.69 Å². The Kier molecular flexibility index (Phi) is 4.28. The Morgan fingerprint density at radius 2 is 2.10 bits per heavy atom. The molecular formula is C15H16BrN3OS. The standard InChI is InChI=1S/C15H16BrN3OS/c1-2-5-17-14(13-4-3-6-21-13)9-7-11-12(8-10(9)16)19-15(20)18-11/h3-4,6-8,14,17H,2,5H2,1H3,(H2,18,19,20). The zero-order chi connectivity index (χ0) is 14.8. The van der Waals surface area contributed by atoms with Crippen molar-refractivity contribution in [2.24, 2.45) is 0 Å². The number of aromatic nitrogens is 2. The molecule has 0 aliphatic rings. The van der Waals surface area contributed by atoms with Crippen molar-refractivity contribution in [2.75, 3.05) is 6.54 Å². The van der Waals surface area contributed by atoms with Gasteiger partial charge in [0.1, 0.15) is 0 Å². The highest BCUT2D eigenvalue weighted by Gasteiger charge is 2.18. The van der Waals surface area contributed by atoms with Gasteiger partial charge in [-0.1, -0.05) is 28.9 Å². The molecule has 0 saturated carbocycles. The summed E-state index contributed by atoms with van der Waals surface area (Å²) in [6.07, 6.45) is 1.07. The Balaban J connectivity index is 2.09. The third kappa shape index (κ3) is 2.97. The van der Waals surface area contributed by atoms with E-state index in [9.17, 15) is 4.79 Å². The number of halogens is 1. The van der Waals surface area contributed by atoms with Gasteiger partial charge in [-0.15, -0.1) is 11.3 Å². The highest BCUT2D eigenvalue weighted by atomic mass is 79.9. The molecule has 0 fully saturated rings. The molecule has 0 aliphatic heterocycles. The molecule has 3 N–H and O–H groups in total. The lowest BCUT2D eigenvalue weighted by Crippen LogP contribution is -2.22. The molecule has 21 heavy (non-hydrogen) atoms. The number of imidazole rings is 1. The minimum atomic E-state index is -0.178. The number of rotatable bonds is 5. The van der Waals surface area contributed by atoms with Crippen molar-refractivity contribution < 1.29 is 0 Å². The molecule has 0 bridgehead atoms. The SMILES string of the molecule is CCCNC(c1cccs1)c1cc2[nH]c(=O)[nH]c2cc1Br. The van der Waals surface area contributed by atoms with Crippen LogP contribution in [0.4, 0.5) is 0 Å². The maximum Gasteiger partial charge on any atom is 0.323 e. The number of nitrogens with one attached hydrogen (secondary N) is 3. The molecule has 2 aromatic heterocycles. The first kappa shape index (κ1) is 14.6. The fourth-order valence-corrected chi connectivity index (χ4v) is 3.79. The molecule has 110 valence electrons. The topological polar surface area (TPSA) is 60.7 Å². The van der Waals surface area contributed by atoms with Crippen LogP contribution in [0.25, 0.3) is 11.0 Å². The Bertz CT molecular complexity index is 791. The lowest BCUT2D eigenvalue weighted by Gasteiger charge is -2.19. The monoisotopic (exact) mass is 365 g/mol. The largest absolute Gasteiger partial charge is 0.323 e. The summed E-state index contributed by atoms with van der Waals surface area (Å²) in [7, 11) is 0.